The number of hydrogen-bond acceptors (Lipinski definition) is 5. The fourth-order valence-corrected chi connectivity index (χ4v) is 2.45. The molecule has 0 bridgehead atoms. The van der Waals surface area contributed by atoms with Crippen molar-refractivity contribution < 1.29 is 22.6 Å². The third-order valence-corrected chi connectivity index (χ3v) is 3.53. The Balaban J connectivity index is 2.60. The van der Waals surface area contributed by atoms with Crippen LogP contribution in [-0.2, 0) is 15.7 Å². The lowest BCUT2D eigenvalue weighted by molar-refractivity contribution is -0.138. The molecule has 1 fully saturated rings. The predicted molar refractivity (Wildman–Crippen MR) is 75.7 cm³/mol. The van der Waals surface area contributed by atoms with Crippen molar-refractivity contribution in [3.63, 3.8) is 0 Å². The third kappa shape index (κ3) is 3.44. The normalized spacial score (nSPS) is 22.2. The number of aromatic nitrogens is 1. The summed E-state index contributed by atoms with van der Waals surface area (Å²) in [6.07, 6.45) is -3.79. The number of thiocarbonyl (C=S) groups is 1. The number of pyridine rings is 1. The van der Waals surface area contributed by atoms with Crippen molar-refractivity contribution in [1.29, 1.82) is 0 Å². The van der Waals surface area contributed by atoms with E-state index in [0.29, 0.717) is 19.1 Å². The van der Waals surface area contributed by atoms with E-state index in [2.05, 4.69) is 17.2 Å². The SMILES string of the molecule is CO[C@@H]1CCOC[C@H]1n1cc(C(F)(F)F)cc(N=C=S)c1=O. The molecule has 0 saturated carbocycles. The molecule has 1 saturated heterocycles. The van der Waals surface area contributed by atoms with Crippen molar-refractivity contribution in [3.8, 4) is 0 Å². The maximum Gasteiger partial charge on any atom is 0.417 e. The minimum atomic E-state index is -4.61. The van der Waals surface area contributed by atoms with Gasteiger partial charge in [0.15, 0.2) is 0 Å². The zero-order valence-corrected chi connectivity index (χ0v) is 12.4. The van der Waals surface area contributed by atoms with Gasteiger partial charge in [0.05, 0.1) is 29.5 Å². The van der Waals surface area contributed by atoms with Gasteiger partial charge in [-0.05, 0) is 24.7 Å². The summed E-state index contributed by atoms with van der Waals surface area (Å²) >= 11 is 4.38. The lowest BCUT2D eigenvalue weighted by Gasteiger charge is -2.32. The molecule has 2 rings (SSSR count). The number of alkyl halides is 3. The molecule has 5 nitrogen and oxygen atoms in total. The van der Waals surface area contributed by atoms with E-state index in [1.165, 1.54) is 7.11 Å². The van der Waals surface area contributed by atoms with Crippen LogP contribution in [0.4, 0.5) is 18.9 Å². The molecule has 1 aromatic heterocycles. The van der Waals surface area contributed by atoms with Gasteiger partial charge in [0, 0.05) is 19.9 Å². The summed E-state index contributed by atoms with van der Waals surface area (Å²) in [5, 5.41) is 1.92. The quantitative estimate of drug-likeness (QED) is 0.630. The monoisotopic (exact) mass is 334 g/mol. The van der Waals surface area contributed by atoms with Crippen molar-refractivity contribution in [3.05, 3.63) is 28.2 Å². The molecular weight excluding hydrogens is 321 g/mol. The Hall–Kier alpha value is -1.54. The van der Waals surface area contributed by atoms with Crippen molar-refractivity contribution in [2.24, 2.45) is 4.99 Å². The van der Waals surface area contributed by atoms with Crippen LogP contribution in [0.2, 0.25) is 0 Å². The molecular formula is C13H13F3N2O3S. The van der Waals surface area contributed by atoms with E-state index in [1.807, 2.05) is 5.16 Å². The second kappa shape index (κ2) is 6.70. The van der Waals surface area contributed by atoms with Gasteiger partial charge in [0.2, 0.25) is 0 Å². The molecule has 0 N–H and O–H groups in total. The van der Waals surface area contributed by atoms with E-state index in [4.69, 9.17) is 9.47 Å². The van der Waals surface area contributed by atoms with E-state index in [0.717, 1.165) is 10.8 Å². The standard InChI is InChI=1S/C13H13F3N2O3S/c1-20-11-2-3-21-6-10(11)18-5-8(13(14,15)16)4-9(12(18)19)17-7-22/h4-5,10-11H,2-3,6H2,1H3/t10-,11-/m1/s1. The number of halogens is 3. The van der Waals surface area contributed by atoms with Gasteiger partial charge in [-0.2, -0.15) is 18.2 Å². The van der Waals surface area contributed by atoms with E-state index in [-0.39, 0.29) is 6.61 Å². The van der Waals surface area contributed by atoms with Gasteiger partial charge in [-0.25, -0.2) is 0 Å². The summed E-state index contributed by atoms with van der Waals surface area (Å²) in [5.41, 5.74) is -2.09. The lowest BCUT2D eigenvalue weighted by Crippen LogP contribution is -2.40. The van der Waals surface area contributed by atoms with Gasteiger partial charge in [-0.3, -0.25) is 4.79 Å². The highest BCUT2D eigenvalue weighted by molar-refractivity contribution is 7.78. The van der Waals surface area contributed by atoms with Gasteiger partial charge >= 0.3 is 6.18 Å². The van der Waals surface area contributed by atoms with E-state index >= 15 is 0 Å². The van der Waals surface area contributed by atoms with Crippen LogP contribution in [-0.4, -0.2) is 36.2 Å². The number of nitrogens with zero attached hydrogens (tertiary/aromatic N) is 2. The molecule has 2 heterocycles. The number of hydrogen-bond donors (Lipinski definition) is 0. The fraction of sp³-hybridized carbons (Fsp3) is 0.538. The highest BCUT2D eigenvalue weighted by Crippen LogP contribution is 2.32. The summed E-state index contributed by atoms with van der Waals surface area (Å²) in [6.45, 7) is 0.508. The van der Waals surface area contributed by atoms with Crippen LogP contribution in [0.3, 0.4) is 0 Å². The first-order chi connectivity index (χ1) is 10.4. The maximum absolute atomic E-state index is 13.0. The van der Waals surface area contributed by atoms with Crippen LogP contribution in [0, 0.1) is 0 Å². The van der Waals surface area contributed by atoms with Crippen LogP contribution in [0.1, 0.15) is 18.0 Å². The van der Waals surface area contributed by atoms with E-state index < -0.39 is 35.1 Å². The molecule has 0 unspecified atom stereocenters. The number of rotatable bonds is 3. The predicted octanol–water partition coefficient (Wildman–Crippen LogP) is 2.58. The first kappa shape index (κ1) is 16.8. The fourth-order valence-electron chi connectivity index (χ4n) is 2.36. The lowest BCUT2D eigenvalue weighted by atomic mass is 10.1. The molecule has 0 aliphatic carbocycles. The average Bonchev–Trinajstić information content (AvgIpc) is 2.48. The Kier molecular flexibility index (Phi) is 5.12. The minimum absolute atomic E-state index is 0.0838. The molecule has 0 aromatic carbocycles. The number of ether oxygens (including phenoxy) is 2. The molecule has 2 atom stereocenters. The molecule has 22 heavy (non-hydrogen) atoms. The molecule has 0 amide bonds. The van der Waals surface area contributed by atoms with E-state index in [9.17, 15) is 18.0 Å². The topological polar surface area (TPSA) is 52.8 Å². The number of aliphatic imine (C=N–C) groups is 1. The van der Waals surface area contributed by atoms with Crippen molar-refractivity contribution in [1.82, 2.24) is 4.57 Å². The summed E-state index contributed by atoms with van der Waals surface area (Å²) < 4.78 is 50.5. The Labute approximate surface area is 129 Å². The zero-order valence-electron chi connectivity index (χ0n) is 11.6. The maximum atomic E-state index is 13.0. The van der Waals surface area contributed by atoms with Crippen molar-refractivity contribution in [2.75, 3.05) is 20.3 Å². The van der Waals surface area contributed by atoms with Gasteiger partial charge in [0.25, 0.3) is 5.56 Å². The molecule has 1 aromatic rings. The highest BCUT2D eigenvalue weighted by Gasteiger charge is 2.35. The molecule has 0 spiro atoms. The average molecular weight is 334 g/mol. The molecule has 1 aliphatic rings. The van der Waals surface area contributed by atoms with Crippen LogP contribution in [0.25, 0.3) is 0 Å². The van der Waals surface area contributed by atoms with Crippen LogP contribution >= 0.6 is 12.2 Å². The smallest absolute Gasteiger partial charge is 0.379 e. The van der Waals surface area contributed by atoms with E-state index in [1.54, 1.807) is 0 Å². The van der Waals surface area contributed by atoms with Gasteiger partial charge in [-0.1, -0.05) is 0 Å². The Morgan fingerprint density at radius 2 is 2.27 bits per heavy atom. The Bertz CT molecular complexity index is 653. The van der Waals surface area contributed by atoms with Crippen LogP contribution in [0.15, 0.2) is 22.1 Å². The second-order valence-corrected chi connectivity index (χ2v) is 4.91. The van der Waals surface area contributed by atoms with Gasteiger partial charge < -0.3 is 14.0 Å². The van der Waals surface area contributed by atoms with Gasteiger partial charge in [-0.15, -0.1) is 0 Å². The summed E-state index contributed by atoms with van der Waals surface area (Å²) in [6, 6.07) is -0.00323. The minimum Gasteiger partial charge on any atom is -0.379 e. The third-order valence-electron chi connectivity index (χ3n) is 3.44. The summed E-state index contributed by atoms with van der Waals surface area (Å²) in [7, 11) is 1.44. The Morgan fingerprint density at radius 1 is 1.55 bits per heavy atom. The molecule has 9 heteroatoms. The second-order valence-electron chi connectivity index (χ2n) is 4.73. The number of isothiocyanates is 1. The van der Waals surface area contributed by atoms with Crippen LogP contribution in [0.5, 0.6) is 0 Å². The highest BCUT2D eigenvalue weighted by atomic mass is 32.1. The summed E-state index contributed by atoms with van der Waals surface area (Å²) in [5.74, 6) is 0. The van der Waals surface area contributed by atoms with Gasteiger partial charge in [0.1, 0.15) is 5.69 Å². The van der Waals surface area contributed by atoms with Crippen molar-refractivity contribution in [2.45, 2.75) is 24.7 Å². The number of methoxy groups -OCH3 is 1. The first-order valence-electron chi connectivity index (χ1n) is 6.40. The largest absolute Gasteiger partial charge is 0.417 e. The van der Waals surface area contributed by atoms with Crippen molar-refractivity contribution >= 4 is 23.1 Å². The summed E-state index contributed by atoms with van der Waals surface area (Å²) in [4.78, 5) is 15.7. The Morgan fingerprint density at radius 3 is 2.86 bits per heavy atom. The molecule has 0 radical (unpaired) electrons. The first-order valence-corrected chi connectivity index (χ1v) is 6.81. The molecule has 120 valence electrons. The zero-order chi connectivity index (χ0) is 16.3. The molecule has 1 aliphatic heterocycles. The van der Waals surface area contributed by atoms with Crippen LogP contribution < -0.4 is 5.56 Å².